The summed E-state index contributed by atoms with van der Waals surface area (Å²) in [7, 11) is 0. The van der Waals surface area contributed by atoms with Gasteiger partial charge in [-0.05, 0) is 93.5 Å². The van der Waals surface area contributed by atoms with Crippen LogP contribution in [0.15, 0.2) is 23.3 Å². The van der Waals surface area contributed by atoms with E-state index in [1.54, 1.807) is 13.8 Å². The van der Waals surface area contributed by atoms with Gasteiger partial charge in [-0.3, -0.25) is 4.79 Å². The summed E-state index contributed by atoms with van der Waals surface area (Å²) in [5.41, 5.74) is -2.18. The molecule has 1 aliphatic heterocycles. The molecule has 18 atom stereocenters. The number of fused-ring (bicyclic) bond motifs is 6. The summed E-state index contributed by atoms with van der Waals surface area (Å²) in [6.07, 6.45) is -3.95. The van der Waals surface area contributed by atoms with Crippen molar-refractivity contribution in [3.63, 3.8) is 0 Å². The van der Waals surface area contributed by atoms with Crippen LogP contribution in [-0.4, -0.2) is 145 Å². The average Bonchev–Trinajstić information content (AvgIpc) is 3.15. The molecule has 0 aromatic carbocycles. The highest BCUT2D eigenvalue weighted by Gasteiger charge is 2.69. The molecule has 55 heavy (non-hydrogen) atoms. The van der Waals surface area contributed by atoms with Gasteiger partial charge in [-0.2, -0.15) is 0 Å². The van der Waals surface area contributed by atoms with Crippen LogP contribution in [-0.2, 0) is 19.0 Å². The molecule has 1 saturated heterocycles. The van der Waals surface area contributed by atoms with Gasteiger partial charge >= 0.3 is 5.97 Å². The van der Waals surface area contributed by atoms with Gasteiger partial charge in [0.05, 0.1) is 43.5 Å². The summed E-state index contributed by atoms with van der Waals surface area (Å²) >= 11 is 0. The lowest BCUT2D eigenvalue weighted by atomic mass is 9.35. The molecular weight excluding hydrogens is 716 g/mol. The van der Waals surface area contributed by atoms with E-state index in [1.807, 2.05) is 6.92 Å². The van der Waals surface area contributed by atoms with Crippen LogP contribution in [0.3, 0.4) is 0 Å². The third-order valence-corrected chi connectivity index (χ3v) is 16.4. The number of aliphatic hydroxyl groups is 10. The van der Waals surface area contributed by atoms with Crippen LogP contribution >= 0.6 is 0 Å². The fourth-order valence-electron chi connectivity index (χ4n) is 12.4. The summed E-state index contributed by atoms with van der Waals surface area (Å²) in [5, 5.41) is 105. The van der Waals surface area contributed by atoms with E-state index in [4.69, 9.17) is 19.3 Å². The van der Waals surface area contributed by atoms with E-state index in [2.05, 4.69) is 32.9 Å². The number of carbonyl (C=O) groups excluding carboxylic acids is 1. The summed E-state index contributed by atoms with van der Waals surface area (Å²) < 4.78 is 17.7. The van der Waals surface area contributed by atoms with Crippen LogP contribution in [0, 0.1) is 44.3 Å². The minimum absolute atomic E-state index is 0.0110. The molecule has 1 heterocycles. The topological polar surface area (TPSA) is 247 Å². The van der Waals surface area contributed by atoms with Crippen LogP contribution in [0.1, 0.15) is 92.9 Å². The van der Waals surface area contributed by atoms with Crippen molar-refractivity contribution in [3.8, 4) is 0 Å². The van der Waals surface area contributed by atoms with E-state index < -0.39 is 102 Å². The monoisotopic (exact) mass is 782 g/mol. The smallest absolute Gasteiger partial charge is 0.312 e. The highest BCUT2D eigenvalue weighted by molar-refractivity contribution is 5.77. The zero-order valence-electron chi connectivity index (χ0n) is 33.2. The van der Waals surface area contributed by atoms with Crippen molar-refractivity contribution in [1.29, 1.82) is 0 Å². The van der Waals surface area contributed by atoms with Crippen molar-refractivity contribution >= 4 is 5.97 Å². The van der Waals surface area contributed by atoms with Crippen molar-refractivity contribution in [2.24, 2.45) is 44.3 Å². The van der Waals surface area contributed by atoms with Crippen LogP contribution in [0.5, 0.6) is 0 Å². The molecule has 14 nitrogen and oxygen atoms in total. The third kappa shape index (κ3) is 6.40. The van der Waals surface area contributed by atoms with Gasteiger partial charge in [-0.15, -0.1) is 0 Å². The number of hydrogen-bond acceptors (Lipinski definition) is 14. The number of hydrogen-bond donors (Lipinski definition) is 10. The quantitative estimate of drug-likeness (QED) is 0.107. The zero-order valence-corrected chi connectivity index (χ0v) is 33.2. The van der Waals surface area contributed by atoms with Gasteiger partial charge < -0.3 is 65.3 Å². The molecule has 1 unspecified atom stereocenters. The van der Waals surface area contributed by atoms with E-state index in [1.165, 1.54) is 0 Å². The lowest BCUT2D eigenvalue weighted by Gasteiger charge is -2.70. The second-order valence-corrected chi connectivity index (χ2v) is 19.3. The standard InChI is InChI=1S/C41H66O14/c1-21-30(48)32(50)33(51)34(54-21)55-29-10-11-37(3)26(38(29,4)19-43)9-12-39(5)27(37)8-7-22-23-15-36(2,35(52)53-18-25(46)31(49)24(45)17-42)13-14-41(23,20-44)28(47)16-40(22,39)6/h7-8,21,24-34,42-51H,9-20H2,1-6H3/t21-,24-,25+,26?,27-,28-,29+,30+,31-,32+,33-,34+,36-,37+,38+,39-,40-,41-/m1/s1. The number of rotatable bonds is 10. The largest absolute Gasteiger partial charge is 0.462 e. The van der Waals surface area contributed by atoms with Gasteiger partial charge in [0, 0.05) is 16.2 Å². The minimum Gasteiger partial charge on any atom is -0.462 e. The molecule has 6 rings (SSSR count). The first kappa shape index (κ1) is 43.1. The summed E-state index contributed by atoms with van der Waals surface area (Å²) in [6, 6.07) is 0. The molecule has 0 aromatic rings. The first-order valence-electron chi connectivity index (χ1n) is 20.1. The van der Waals surface area contributed by atoms with Gasteiger partial charge in [0.1, 0.15) is 43.2 Å². The Kier molecular flexibility index (Phi) is 11.7. The molecule has 5 aliphatic carbocycles. The number of allylic oxidation sites excluding steroid dienone is 3. The normalized spacial score (nSPS) is 49.9. The van der Waals surface area contributed by atoms with Gasteiger partial charge in [-0.1, -0.05) is 45.4 Å². The Bertz CT molecular complexity index is 1500. The highest BCUT2D eigenvalue weighted by atomic mass is 16.7. The van der Waals surface area contributed by atoms with Crippen molar-refractivity contribution in [1.82, 2.24) is 0 Å². The van der Waals surface area contributed by atoms with Crippen LogP contribution in [0.25, 0.3) is 0 Å². The molecule has 314 valence electrons. The predicted octanol–water partition coefficient (Wildman–Crippen LogP) is 0.455. The zero-order chi connectivity index (χ0) is 40.7. The van der Waals surface area contributed by atoms with Crippen LogP contribution in [0.2, 0.25) is 0 Å². The molecule has 14 heteroatoms. The van der Waals surface area contributed by atoms with Gasteiger partial charge in [0.25, 0.3) is 0 Å². The van der Waals surface area contributed by atoms with Crippen molar-refractivity contribution < 1.29 is 70.1 Å². The maximum atomic E-state index is 13.7. The first-order chi connectivity index (χ1) is 25.6. The SMILES string of the molecule is C[C@H]1O[C@@H](O[C@H]2CC[C@@]3(C)C(CC[C@]4(C)[C@@H]3C=CC3=C5C[C@](C)(C(=O)OC[C@H](O)[C@H](O)[C@H](O)CO)CC[C@]5(CO)[C@H](O)C[C@]34C)[C@]2(C)CO)[C@H](O)[C@@H](O)[C@H]1O. The lowest BCUT2D eigenvalue weighted by molar-refractivity contribution is -0.327. The Morgan fingerprint density at radius 3 is 2.22 bits per heavy atom. The molecule has 4 fully saturated rings. The molecule has 6 aliphatic rings. The molecule has 10 N–H and O–H groups in total. The third-order valence-electron chi connectivity index (χ3n) is 16.4. The van der Waals surface area contributed by atoms with Gasteiger partial charge in [0.2, 0.25) is 0 Å². The predicted molar refractivity (Wildman–Crippen MR) is 197 cm³/mol. The maximum absolute atomic E-state index is 13.7. The number of carbonyl (C=O) groups is 1. The molecule has 0 radical (unpaired) electrons. The van der Waals surface area contributed by atoms with Crippen molar-refractivity contribution in [2.75, 3.05) is 26.4 Å². The van der Waals surface area contributed by atoms with Crippen molar-refractivity contribution in [2.45, 2.75) is 154 Å². The molecule has 0 spiro atoms. The Morgan fingerprint density at radius 2 is 1.58 bits per heavy atom. The fraction of sp³-hybridized carbons (Fsp3) is 0.878. The average molecular weight is 783 g/mol. The summed E-state index contributed by atoms with van der Waals surface area (Å²) in [4.78, 5) is 13.7. The van der Waals surface area contributed by atoms with Gasteiger partial charge in [-0.25, -0.2) is 0 Å². The summed E-state index contributed by atoms with van der Waals surface area (Å²) in [5.74, 6) is -0.600. The van der Waals surface area contributed by atoms with Crippen LogP contribution in [0.4, 0.5) is 0 Å². The highest BCUT2D eigenvalue weighted by Crippen LogP contribution is 2.74. The van der Waals surface area contributed by atoms with E-state index in [0.29, 0.717) is 25.7 Å². The second kappa shape index (κ2) is 14.9. The fourth-order valence-corrected chi connectivity index (χ4v) is 12.4. The lowest BCUT2D eigenvalue weighted by Crippen LogP contribution is -2.66. The Labute approximate surface area is 323 Å². The van der Waals surface area contributed by atoms with Gasteiger partial charge in [0.15, 0.2) is 6.29 Å². The number of ether oxygens (including phenoxy) is 3. The Hall–Kier alpha value is -1.53. The first-order valence-corrected chi connectivity index (χ1v) is 20.1. The molecule has 0 bridgehead atoms. The molecule has 0 amide bonds. The van der Waals surface area contributed by atoms with E-state index in [9.17, 15) is 50.8 Å². The van der Waals surface area contributed by atoms with E-state index in [-0.39, 0.29) is 42.3 Å². The van der Waals surface area contributed by atoms with Crippen LogP contribution < -0.4 is 0 Å². The summed E-state index contributed by atoms with van der Waals surface area (Å²) in [6.45, 7) is 10.3. The maximum Gasteiger partial charge on any atom is 0.312 e. The molecule has 3 saturated carbocycles. The van der Waals surface area contributed by atoms with E-state index in [0.717, 1.165) is 30.4 Å². The molecular formula is C41H66O14. The number of esters is 1. The Morgan fingerprint density at radius 1 is 0.891 bits per heavy atom. The Balaban J connectivity index is 1.31. The second-order valence-electron chi connectivity index (χ2n) is 19.3. The van der Waals surface area contributed by atoms with Crippen molar-refractivity contribution in [3.05, 3.63) is 23.3 Å². The minimum atomic E-state index is -1.71. The van der Waals surface area contributed by atoms with E-state index >= 15 is 0 Å². The molecule has 0 aromatic heterocycles. The number of aliphatic hydroxyl groups excluding tert-OH is 10.